The van der Waals surface area contributed by atoms with E-state index in [1.165, 1.54) is 19.3 Å². The van der Waals surface area contributed by atoms with E-state index in [-0.39, 0.29) is 38.4 Å². The van der Waals surface area contributed by atoms with Gasteiger partial charge < -0.3 is 20.1 Å². The fraction of sp³-hybridized carbons (Fsp3) is 0.578. The number of carbonyl (C=O) groups excluding carboxylic acids is 3. The van der Waals surface area contributed by atoms with Crippen LogP contribution in [0.2, 0.25) is 0 Å². The topological polar surface area (TPSA) is 151 Å². The fourth-order valence-electron chi connectivity index (χ4n) is 4.81. The molecule has 0 amide bonds. The standard InChI is InChI=1S/C45H72NO9P/c1-3-5-7-8-9-10-11-12-13-14-15-16-19-22-25-28-32-36-44(48)52-40-43(41-54-56(50,51)53-39-38-46)55-45(49)37-33-29-26-23-20-17-18-21-24-27-31-35-42(47)34-30-6-4-2/h9-10,12-13,15-18,22-27,31,35,43H,3-8,11,14,19-21,28-30,32-34,36-41,46H2,1-2H3,(H,50,51)/b10-9-,13-12-,16-15-,18-17-,25-22-,26-23-,27-24-,35-31+/t43-/m1/s1. The number of ketones is 1. The number of phosphoric ester groups is 1. The Bertz CT molecular complexity index is 1300. The lowest BCUT2D eigenvalue weighted by atomic mass is 10.1. The second-order valence-electron chi connectivity index (χ2n) is 13.2. The van der Waals surface area contributed by atoms with E-state index in [2.05, 4.69) is 56.4 Å². The molecule has 316 valence electrons. The molecule has 0 aliphatic rings. The second kappa shape index (κ2) is 39.8. The molecule has 0 heterocycles. The third kappa shape index (κ3) is 38.9. The maximum atomic E-state index is 12.5. The van der Waals surface area contributed by atoms with Crippen molar-refractivity contribution in [2.24, 2.45) is 5.73 Å². The molecule has 0 radical (unpaired) electrons. The van der Waals surface area contributed by atoms with E-state index in [9.17, 15) is 23.8 Å². The molecular formula is C45H72NO9P. The van der Waals surface area contributed by atoms with Crippen LogP contribution < -0.4 is 5.73 Å². The minimum absolute atomic E-state index is 0.0221. The van der Waals surface area contributed by atoms with Crippen LogP contribution in [0.25, 0.3) is 0 Å². The molecule has 0 aromatic heterocycles. The zero-order chi connectivity index (χ0) is 41.2. The Morgan fingerprint density at radius 1 is 0.589 bits per heavy atom. The van der Waals surface area contributed by atoms with Gasteiger partial charge in [0.2, 0.25) is 0 Å². The number of hydrogen-bond donors (Lipinski definition) is 2. The van der Waals surface area contributed by atoms with E-state index in [0.717, 1.165) is 57.8 Å². The van der Waals surface area contributed by atoms with Crippen LogP contribution in [0.4, 0.5) is 0 Å². The van der Waals surface area contributed by atoms with Gasteiger partial charge in [0.1, 0.15) is 6.61 Å². The predicted octanol–water partition coefficient (Wildman–Crippen LogP) is 11.0. The first-order valence-electron chi connectivity index (χ1n) is 20.7. The van der Waals surface area contributed by atoms with Crippen LogP contribution in [0.3, 0.4) is 0 Å². The highest BCUT2D eigenvalue weighted by Crippen LogP contribution is 2.43. The number of rotatable bonds is 37. The van der Waals surface area contributed by atoms with Crippen molar-refractivity contribution in [2.75, 3.05) is 26.4 Å². The van der Waals surface area contributed by atoms with Gasteiger partial charge in [-0.15, -0.1) is 0 Å². The summed E-state index contributed by atoms with van der Waals surface area (Å²) >= 11 is 0. The maximum Gasteiger partial charge on any atom is 0.472 e. The minimum atomic E-state index is -4.42. The third-order valence-corrected chi connectivity index (χ3v) is 8.90. The number of unbranched alkanes of at least 4 members (excludes halogenated alkanes) is 7. The average molecular weight is 802 g/mol. The van der Waals surface area contributed by atoms with Gasteiger partial charge in [-0.1, -0.05) is 131 Å². The summed E-state index contributed by atoms with van der Waals surface area (Å²) in [6.07, 6.45) is 47.2. The molecule has 11 heteroatoms. The average Bonchev–Trinajstić information content (AvgIpc) is 3.18. The van der Waals surface area contributed by atoms with Crippen LogP contribution >= 0.6 is 7.82 Å². The van der Waals surface area contributed by atoms with Crippen molar-refractivity contribution in [3.05, 3.63) is 97.2 Å². The van der Waals surface area contributed by atoms with E-state index in [1.807, 2.05) is 42.5 Å². The lowest BCUT2D eigenvalue weighted by Gasteiger charge is -2.19. The van der Waals surface area contributed by atoms with Crippen LogP contribution in [0, 0.1) is 0 Å². The molecule has 0 bridgehead atoms. The van der Waals surface area contributed by atoms with Crippen LogP contribution in [-0.2, 0) is 37.5 Å². The summed E-state index contributed by atoms with van der Waals surface area (Å²) in [5.41, 5.74) is 5.33. The van der Waals surface area contributed by atoms with Crippen molar-refractivity contribution in [2.45, 2.75) is 142 Å². The first-order chi connectivity index (χ1) is 27.2. The summed E-state index contributed by atoms with van der Waals surface area (Å²) in [4.78, 5) is 46.5. The van der Waals surface area contributed by atoms with Gasteiger partial charge in [0.15, 0.2) is 11.9 Å². The normalized spacial score (nSPS) is 14.2. The van der Waals surface area contributed by atoms with E-state index in [4.69, 9.17) is 24.3 Å². The van der Waals surface area contributed by atoms with Gasteiger partial charge in [0, 0.05) is 25.8 Å². The van der Waals surface area contributed by atoms with Crippen molar-refractivity contribution >= 4 is 25.5 Å². The molecule has 3 N–H and O–H groups in total. The number of phosphoric acid groups is 1. The van der Waals surface area contributed by atoms with Gasteiger partial charge in [-0.3, -0.25) is 23.4 Å². The Morgan fingerprint density at radius 2 is 1.09 bits per heavy atom. The highest BCUT2D eigenvalue weighted by atomic mass is 31.2. The molecule has 2 atom stereocenters. The van der Waals surface area contributed by atoms with Crippen molar-refractivity contribution in [3.8, 4) is 0 Å². The Morgan fingerprint density at radius 3 is 1.64 bits per heavy atom. The molecule has 0 aromatic carbocycles. The van der Waals surface area contributed by atoms with Gasteiger partial charge in [-0.25, -0.2) is 4.57 Å². The zero-order valence-corrected chi connectivity index (χ0v) is 35.2. The van der Waals surface area contributed by atoms with Gasteiger partial charge in [-0.2, -0.15) is 0 Å². The fourth-order valence-corrected chi connectivity index (χ4v) is 5.57. The summed E-state index contributed by atoms with van der Waals surface area (Å²) in [5.74, 6) is -0.845. The quantitative estimate of drug-likeness (QED) is 0.0155. The molecule has 56 heavy (non-hydrogen) atoms. The number of ether oxygens (including phenoxy) is 2. The molecule has 0 aliphatic heterocycles. The van der Waals surface area contributed by atoms with Crippen molar-refractivity contribution < 1.29 is 42.4 Å². The van der Waals surface area contributed by atoms with E-state index in [0.29, 0.717) is 32.1 Å². The molecule has 1 unspecified atom stereocenters. The summed E-state index contributed by atoms with van der Waals surface area (Å²) < 4.78 is 32.6. The second-order valence-corrected chi connectivity index (χ2v) is 14.6. The highest BCUT2D eigenvalue weighted by molar-refractivity contribution is 7.47. The lowest BCUT2D eigenvalue weighted by Crippen LogP contribution is -2.29. The molecule has 0 saturated heterocycles. The minimum Gasteiger partial charge on any atom is -0.462 e. The Balaban J connectivity index is 4.45. The molecule has 0 rings (SSSR count). The van der Waals surface area contributed by atoms with E-state index < -0.39 is 32.5 Å². The Labute approximate surface area is 338 Å². The largest absolute Gasteiger partial charge is 0.472 e. The van der Waals surface area contributed by atoms with Crippen LogP contribution in [0.1, 0.15) is 136 Å². The molecule has 0 saturated carbocycles. The first kappa shape index (κ1) is 52.6. The number of allylic oxidation sites excluding steroid dienone is 16. The van der Waals surface area contributed by atoms with Crippen molar-refractivity contribution in [1.29, 1.82) is 0 Å². The van der Waals surface area contributed by atoms with Crippen LogP contribution in [-0.4, -0.2) is 55.1 Å². The molecule has 0 aromatic rings. The molecular weight excluding hydrogens is 729 g/mol. The van der Waals surface area contributed by atoms with Crippen molar-refractivity contribution in [3.63, 3.8) is 0 Å². The van der Waals surface area contributed by atoms with Gasteiger partial charge in [0.25, 0.3) is 0 Å². The highest BCUT2D eigenvalue weighted by Gasteiger charge is 2.25. The Kier molecular flexibility index (Phi) is 37.4. The molecule has 0 spiro atoms. The van der Waals surface area contributed by atoms with Gasteiger partial charge in [0.05, 0.1) is 13.2 Å². The maximum absolute atomic E-state index is 12.5. The van der Waals surface area contributed by atoms with E-state index >= 15 is 0 Å². The van der Waals surface area contributed by atoms with E-state index in [1.54, 1.807) is 12.2 Å². The van der Waals surface area contributed by atoms with Gasteiger partial charge in [-0.05, 0) is 83.1 Å². The van der Waals surface area contributed by atoms with Crippen molar-refractivity contribution in [1.82, 2.24) is 0 Å². The smallest absolute Gasteiger partial charge is 0.462 e. The summed E-state index contributed by atoms with van der Waals surface area (Å²) in [7, 11) is -4.42. The first-order valence-corrected chi connectivity index (χ1v) is 22.2. The monoisotopic (exact) mass is 801 g/mol. The number of nitrogens with two attached hydrogens (primary N) is 1. The SMILES string of the molecule is CCCCC/C=C\C/C=C\C/C=C\C/C=C\CCCC(=O)OC[C@H](COP(=O)(O)OCCN)OC(=O)CCC/C=C\C/C=C\C/C=C\C=C\C(=O)CCCCC. The summed E-state index contributed by atoms with van der Waals surface area (Å²) in [5, 5.41) is 0. The predicted molar refractivity (Wildman–Crippen MR) is 229 cm³/mol. The molecule has 10 nitrogen and oxygen atoms in total. The van der Waals surface area contributed by atoms with Crippen LogP contribution in [0.5, 0.6) is 0 Å². The Hall–Kier alpha value is -3.40. The molecule has 0 fully saturated rings. The number of hydrogen-bond acceptors (Lipinski definition) is 9. The number of esters is 2. The summed E-state index contributed by atoms with van der Waals surface area (Å²) in [6.45, 7) is 3.36. The van der Waals surface area contributed by atoms with Gasteiger partial charge >= 0.3 is 19.8 Å². The van der Waals surface area contributed by atoms with Crippen LogP contribution in [0.15, 0.2) is 97.2 Å². The summed E-state index contributed by atoms with van der Waals surface area (Å²) in [6, 6.07) is 0. The number of carbonyl (C=O) groups is 3. The third-order valence-electron chi connectivity index (χ3n) is 7.92. The molecule has 0 aliphatic carbocycles. The zero-order valence-electron chi connectivity index (χ0n) is 34.3. The lowest BCUT2D eigenvalue weighted by molar-refractivity contribution is -0.161.